The maximum Gasteiger partial charge on any atom is 0.416 e. The Morgan fingerprint density at radius 3 is 2.22 bits per heavy atom. The van der Waals surface area contributed by atoms with Crippen molar-refractivity contribution in [3.63, 3.8) is 0 Å². The van der Waals surface area contributed by atoms with Crippen LogP contribution in [-0.2, 0) is 23.9 Å². The van der Waals surface area contributed by atoms with Gasteiger partial charge < -0.3 is 15.7 Å². The second-order valence-corrected chi connectivity index (χ2v) is 10.3. The average Bonchev–Trinajstić information content (AvgIpc) is 2.82. The van der Waals surface area contributed by atoms with Crippen LogP contribution in [0.1, 0.15) is 54.2 Å². The van der Waals surface area contributed by atoms with E-state index < -0.39 is 17.7 Å². The lowest BCUT2D eigenvalue weighted by Gasteiger charge is -2.31. The molecule has 8 heteroatoms. The number of nitrogens with two attached hydrogens (primary N) is 1. The summed E-state index contributed by atoms with van der Waals surface area (Å²) >= 11 is 0. The molecule has 1 aliphatic heterocycles. The number of rotatable bonds is 3. The van der Waals surface area contributed by atoms with Crippen LogP contribution < -0.4 is 5.73 Å². The number of hydrogen-bond acceptors (Lipinski definition) is 3. The first-order chi connectivity index (χ1) is 17.2. The molecule has 196 valence electrons. The summed E-state index contributed by atoms with van der Waals surface area (Å²) in [5.74, 6) is -1.13. The number of alkyl halides is 3. The predicted molar refractivity (Wildman–Crippen MR) is 138 cm³/mol. The Hall–Kier alpha value is -3.81. The van der Waals surface area contributed by atoms with E-state index in [0.29, 0.717) is 18.1 Å². The first kappa shape index (κ1) is 27.8. The largest absolute Gasteiger partial charge is 0.478 e. The summed E-state index contributed by atoms with van der Waals surface area (Å²) in [5, 5.41) is 9.05. The molecule has 0 radical (unpaired) electrons. The summed E-state index contributed by atoms with van der Waals surface area (Å²) in [5.41, 5.74) is 8.66. The maximum atomic E-state index is 12.6. The summed E-state index contributed by atoms with van der Waals surface area (Å²) in [4.78, 5) is 25.3. The highest BCUT2D eigenvalue weighted by atomic mass is 19.4. The number of aromatic carboxylic acids is 1. The zero-order valence-electron chi connectivity index (χ0n) is 21.1. The molecule has 0 aromatic heterocycles. The molecule has 0 saturated carbocycles. The third-order valence-corrected chi connectivity index (χ3v) is 5.94. The second-order valence-electron chi connectivity index (χ2n) is 10.3. The molecule has 0 fully saturated rings. The van der Waals surface area contributed by atoms with Crippen LogP contribution in [0.2, 0.25) is 0 Å². The maximum absolute atomic E-state index is 12.6. The standard InChI is InChI=1S/C15H22N2O.C14H9F3O2/c1-15(2,3)9-14(18)17-7-6-11-8-13(16)5-4-12(11)10-17;15-14(16,17)10-6-7-11(12(8-10)13(18)19)9-4-2-1-3-5-9/h4-5,8H,6-7,9-10,16H2,1-3H3;1-8H,(H,18,19). The monoisotopic (exact) mass is 512 g/mol. The van der Waals surface area contributed by atoms with Crippen LogP contribution >= 0.6 is 0 Å². The first-order valence-electron chi connectivity index (χ1n) is 11.9. The zero-order chi connectivity index (χ0) is 27.4. The number of nitrogen functional groups attached to an aromatic ring is 1. The number of hydrogen-bond donors (Lipinski definition) is 2. The molecule has 4 rings (SSSR count). The molecular formula is C29H31F3N2O3. The quantitative estimate of drug-likeness (QED) is 0.385. The normalized spacial score (nSPS) is 13.3. The summed E-state index contributed by atoms with van der Waals surface area (Å²) in [6, 6.07) is 17.1. The van der Waals surface area contributed by atoms with Gasteiger partial charge in [-0.1, -0.05) is 63.2 Å². The Balaban J connectivity index is 0.000000206. The van der Waals surface area contributed by atoms with Crippen molar-refractivity contribution < 1.29 is 27.9 Å². The minimum absolute atomic E-state index is 0.0540. The van der Waals surface area contributed by atoms with Crippen molar-refractivity contribution >= 4 is 17.6 Å². The van der Waals surface area contributed by atoms with E-state index >= 15 is 0 Å². The topological polar surface area (TPSA) is 83.6 Å². The van der Waals surface area contributed by atoms with E-state index in [1.807, 2.05) is 23.1 Å². The molecule has 0 saturated heterocycles. The number of amides is 1. The molecule has 0 aliphatic carbocycles. The van der Waals surface area contributed by atoms with Crippen LogP contribution in [0.25, 0.3) is 11.1 Å². The molecular weight excluding hydrogens is 481 g/mol. The highest BCUT2D eigenvalue weighted by Gasteiger charge is 2.32. The molecule has 1 aliphatic rings. The Morgan fingerprint density at radius 2 is 1.62 bits per heavy atom. The number of carboxylic acid groups (broad SMARTS) is 1. The van der Waals surface area contributed by atoms with Gasteiger partial charge in [0.25, 0.3) is 0 Å². The van der Waals surface area contributed by atoms with E-state index in [4.69, 9.17) is 10.8 Å². The summed E-state index contributed by atoms with van der Waals surface area (Å²) in [6.07, 6.45) is -3.03. The van der Waals surface area contributed by atoms with Gasteiger partial charge in [0, 0.05) is 25.2 Å². The van der Waals surface area contributed by atoms with Crippen molar-refractivity contribution in [3.05, 3.63) is 89.0 Å². The minimum Gasteiger partial charge on any atom is -0.478 e. The number of fused-ring (bicyclic) bond motifs is 1. The van der Waals surface area contributed by atoms with Crippen LogP contribution in [0.3, 0.4) is 0 Å². The highest BCUT2D eigenvalue weighted by molar-refractivity contribution is 5.96. The predicted octanol–water partition coefficient (Wildman–Crippen LogP) is 6.66. The number of carbonyl (C=O) groups excluding carboxylic acids is 1. The van der Waals surface area contributed by atoms with E-state index in [9.17, 15) is 22.8 Å². The van der Waals surface area contributed by atoms with Gasteiger partial charge in [0.05, 0.1) is 11.1 Å². The molecule has 1 amide bonds. The van der Waals surface area contributed by atoms with E-state index in [1.165, 1.54) is 17.2 Å². The van der Waals surface area contributed by atoms with Crippen LogP contribution in [0, 0.1) is 5.41 Å². The van der Waals surface area contributed by atoms with Crippen LogP contribution in [0.5, 0.6) is 0 Å². The Morgan fingerprint density at radius 1 is 0.946 bits per heavy atom. The molecule has 0 bridgehead atoms. The highest BCUT2D eigenvalue weighted by Crippen LogP contribution is 2.33. The number of nitrogens with zero attached hydrogens (tertiary/aromatic N) is 1. The molecule has 3 aromatic carbocycles. The lowest BCUT2D eigenvalue weighted by Crippen LogP contribution is -2.37. The van der Waals surface area contributed by atoms with E-state index in [1.54, 1.807) is 30.3 Å². The van der Waals surface area contributed by atoms with Gasteiger partial charge in [-0.05, 0) is 58.4 Å². The summed E-state index contributed by atoms with van der Waals surface area (Å²) < 4.78 is 37.7. The number of carboxylic acids is 1. The van der Waals surface area contributed by atoms with Crippen LogP contribution in [0.15, 0.2) is 66.7 Å². The van der Waals surface area contributed by atoms with Gasteiger partial charge in [-0.25, -0.2) is 4.79 Å². The van der Waals surface area contributed by atoms with Crippen molar-refractivity contribution in [2.45, 2.75) is 46.3 Å². The van der Waals surface area contributed by atoms with Crippen molar-refractivity contribution in [2.75, 3.05) is 12.3 Å². The number of anilines is 1. The molecule has 37 heavy (non-hydrogen) atoms. The molecule has 1 heterocycles. The molecule has 5 nitrogen and oxygen atoms in total. The fourth-order valence-corrected chi connectivity index (χ4v) is 4.12. The lowest BCUT2D eigenvalue weighted by molar-refractivity contribution is -0.137. The Kier molecular flexibility index (Phi) is 8.31. The lowest BCUT2D eigenvalue weighted by atomic mass is 9.90. The van der Waals surface area contributed by atoms with E-state index in [-0.39, 0.29) is 22.4 Å². The first-order valence-corrected chi connectivity index (χ1v) is 11.9. The zero-order valence-corrected chi connectivity index (χ0v) is 21.1. The number of carbonyl (C=O) groups is 2. The summed E-state index contributed by atoms with van der Waals surface area (Å²) in [6.45, 7) is 7.84. The fourth-order valence-electron chi connectivity index (χ4n) is 4.12. The van der Waals surface area contributed by atoms with Gasteiger partial charge in [-0.2, -0.15) is 13.2 Å². The van der Waals surface area contributed by atoms with Gasteiger partial charge in [-0.15, -0.1) is 0 Å². The van der Waals surface area contributed by atoms with E-state index in [2.05, 4.69) is 20.8 Å². The van der Waals surface area contributed by atoms with Crippen molar-refractivity contribution in [3.8, 4) is 11.1 Å². The average molecular weight is 513 g/mol. The number of benzene rings is 3. The van der Waals surface area contributed by atoms with Gasteiger partial charge >= 0.3 is 12.1 Å². The SMILES string of the molecule is CC(C)(C)CC(=O)N1CCc2cc(N)ccc2C1.O=C(O)c1cc(C(F)(F)F)ccc1-c1ccccc1. The smallest absolute Gasteiger partial charge is 0.416 e. The molecule has 0 atom stereocenters. The fraction of sp³-hybridized carbons (Fsp3) is 0.310. The van der Waals surface area contributed by atoms with Crippen molar-refractivity contribution in [1.82, 2.24) is 4.90 Å². The Labute approximate surface area is 214 Å². The molecule has 0 spiro atoms. The summed E-state index contributed by atoms with van der Waals surface area (Å²) in [7, 11) is 0. The third-order valence-electron chi connectivity index (χ3n) is 5.94. The van der Waals surface area contributed by atoms with E-state index in [0.717, 1.165) is 31.3 Å². The minimum atomic E-state index is -4.56. The molecule has 3 N–H and O–H groups in total. The van der Waals surface area contributed by atoms with Gasteiger partial charge in [0.1, 0.15) is 0 Å². The van der Waals surface area contributed by atoms with Gasteiger partial charge in [0.15, 0.2) is 0 Å². The van der Waals surface area contributed by atoms with Crippen LogP contribution in [0.4, 0.5) is 18.9 Å². The van der Waals surface area contributed by atoms with Crippen molar-refractivity contribution in [2.24, 2.45) is 5.41 Å². The number of halogens is 3. The van der Waals surface area contributed by atoms with Gasteiger partial charge in [-0.3, -0.25) is 4.79 Å². The van der Waals surface area contributed by atoms with Gasteiger partial charge in [0.2, 0.25) is 5.91 Å². The van der Waals surface area contributed by atoms with Crippen molar-refractivity contribution in [1.29, 1.82) is 0 Å². The van der Waals surface area contributed by atoms with Crippen LogP contribution in [-0.4, -0.2) is 28.4 Å². The molecule has 0 unspecified atom stereocenters. The second kappa shape index (κ2) is 11.1. The third kappa shape index (κ3) is 7.59. The Bertz CT molecular complexity index is 1270. The molecule has 3 aromatic rings.